The summed E-state index contributed by atoms with van der Waals surface area (Å²) in [4.78, 5) is 10.8. The van der Waals surface area contributed by atoms with Crippen LogP contribution in [0.25, 0.3) is 0 Å². The summed E-state index contributed by atoms with van der Waals surface area (Å²) in [6.45, 7) is 0. The summed E-state index contributed by atoms with van der Waals surface area (Å²) < 4.78 is 13.8. The van der Waals surface area contributed by atoms with Crippen molar-refractivity contribution in [1.82, 2.24) is 0 Å². The maximum absolute atomic E-state index is 6.92. The van der Waals surface area contributed by atoms with E-state index in [1.807, 2.05) is 0 Å². The Labute approximate surface area is 324 Å². The first-order valence-electron chi connectivity index (χ1n) is 19.9. The van der Waals surface area contributed by atoms with E-state index in [9.17, 15) is 0 Å². The minimum Gasteiger partial charge on any atom is -1.00 e. The molecule has 2 unspecified atom stereocenters. The molecule has 2 aromatic carbocycles. The van der Waals surface area contributed by atoms with Gasteiger partial charge >= 0.3 is 16.5 Å². The predicted octanol–water partition coefficient (Wildman–Crippen LogP) is 5.72. The van der Waals surface area contributed by atoms with Gasteiger partial charge in [0.25, 0.3) is 0 Å². The average Bonchev–Trinajstić information content (AvgIpc) is 3.78. The van der Waals surface area contributed by atoms with E-state index < -0.39 is 0 Å². The van der Waals surface area contributed by atoms with Gasteiger partial charge in [-0.1, -0.05) is 126 Å². The van der Waals surface area contributed by atoms with E-state index in [2.05, 4.69) is 48.5 Å². The Morgan fingerprint density at radius 3 is 1.18 bits per heavy atom. The molecular formula is C43H58Cl2N2NiO2. The number of aliphatic imine (C=N–C) groups is 2. The van der Waals surface area contributed by atoms with Gasteiger partial charge < -0.3 is 34.3 Å². The van der Waals surface area contributed by atoms with Gasteiger partial charge in [-0.2, -0.15) is 0 Å². The van der Waals surface area contributed by atoms with Crippen LogP contribution in [-0.2, 0) is 26.0 Å². The standard InChI is InChI=1S/C43H58N2O2.2ClH.Ni/c1-5-15-30(16-6-1)34-23-13-25-36(27-34)40-42(32-19-9-3-10-20-32)46-38(44-40)29-39-45-41(43(47-39)33-21-11-4-12-22-33)37-26-14-24-35(28-37)31-17-7-2-8-18-31;;;/h13-14,23-28,30-33,40-43H,1-12,15-22,29H2;2*1H;/q;;;+2/p-2/t40-,41-,42?,43?;;;/m1.../s1. The molecular weight excluding hydrogens is 706 g/mol. The number of hydrogen-bond donors (Lipinski definition) is 0. The minimum absolute atomic E-state index is 0. The van der Waals surface area contributed by atoms with Gasteiger partial charge in [0.1, 0.15) is 24.3 Å². The van der Waals surface area contributed by atoms with Crippen LogP contribution in [-0.4, -0.2) is 24.0 Å². The van der Waals surface area contributed by atoms with Crippen molar-refractivity contribution in [1.29, 1.82) is 0 Å². The molecule has 50 heavy (non-hydrogen) atoms. The maximum Gasteiger partial charge on any atom is 2.00 e. The second-order valence-electron chi connectivity index (χ2n) is 16.1. The van der Waals surface area contributed by atoms with Gasteiger partial charge in [-0.3, -0.25) is 0 Å². The summed E-state index contributed by atoms with van der Waals surface area (Å²) in [6, 6.07) is 19.1. The van der Waals surface area contributed by atoms with E-state index in [0.717, 1.165) is 11.8 Å². The Morgan fingerprint density at radius 1 is 0.460 bits per heavy atom. The molecule has 4 aliphatic carbocycles. The molecule has 7 heteroatoms. The number of ether oxygens (including phenoxy) is 2. The van der Waals surface area contributed by atoms with Crippen molar-refractivity contribution in [2.45, 2.75) is 171 Å². The third-order valence-corrected chi connectivity index (χ3v) is 12.9. The minimum atomic E-state index is 0. The Balaban J connectivity index is 0.00000162. The molecule has 2 heterocycles. The van der Waals surface area contributed by atoms with Gasteiger partial charge in [-0.05, 0) is 97.3 Å². The van der Waals surface area contributed by atoms with Gasteiger partial charge in [0.15, 0.2) is 11.8 Å². The van der Waals surface area contributed by atoms with Crippen LogP contribution in [0.4, 0.5) is 0 Å². The Kier molecular flexibility index (Phi) is 15.1. The monoisotopic (exact) mass is 762 g/mol. The molecule has 0 aromatic heterocycles. The topological polar surface area (TPSA) is 43.2 Å². The zero-order chi connectivity index (χ0) is 31.4. The van der Waals surface area contributed by atoms with Gasteiger partial charge in [-0.15, -0.1) is 0 Å². The molecule has 276 valence electrons. The normalized spacial score (nSPS) is 28.2. The van der Waals surface area contributed by atoms with Crippen LogP contribution in [0.2, 0.25) is 0 Å². The molecule has 4 nitrogen and oxygen atoms in total. The van der Waals surface area contributed by atoms with Crippen molar-refractivity contribution in [2.24, 2.45) is 21.8 Å². The summed E-state index contributed by atoms with van der Waals surface area (Å²) in [7, 11) is 0. The van der Waals surface area contributed by atoms with Crippen LogP contribution in [0.5, 0.6) is 0 Å². The molecule has 6 aliphatic rings. The fourth-order valence-electron chi connectivity index (χ4n) is 10.3. The fourth-order valence-corrected chi connectivity index (χ4v) is 10.3. The van der Waals surface area contributed by atoms with E-state index in [1.54, 1.807) is 0 Å². The van der Waals surface area contributed by atoms with Crippen molar-refractivity contribution in [3.8, 4) is 0 Å². The molecule has 0 saturated heterocycles. The van der Waals surface area contributed by atoms with Crippen molar-refractivity contribution >= 4 is 11.8 Å². The number of rotatable bonds is 8. The summed E-state index contributed by atoms with van der Waals surface area (Å²) in [5.41, 5.74) is 5.74. The van der Waals surface area contributed by atoms with Crippen molar-refractivity contribution < 1.29 is 50.8 Å². The molecule has 0 amide bonds. The quantitative estimate of drug-likeness (QED) is 0.324. The molecule has 0 radical (unpaired) electrons. The third-order valence-electron chi connectivity index (χ3n) is 12.9. The average molecular weight is 765 g/mol. The molecule has 0 bridgehead atoms. The zero-order valence-corrected chi connectivity index (χ0v) is 32.4. The van der Waals surface area contributed by atoms with Crippen molar-refractivity contribution in [3.63, 3.8) is 0 Å². The van der Waals surface area contributed by atoms with Gasteiger partial charge in [-0.25, -0.2) is 9.98 Å². The maximum atomic E-state index is 6.92. The van der Waals surface area contributed by atoms with Crippen LogP contribution in [0.3, 0.4) is 0 Å². The Bertz CT molecular complexity index is 1300. The summed E-state index contributed by atoms with van der Waals surface area (Å²) in [5, 5.41) is 0. The molecule has 2 aliphatic heterocycles. The van der Waals surface area contributed by atoms with Crippen LogP contribution in [0.15, 0.2) is 58.5 Å². The van der Waals surface area contributed by atoms with Gasteiger partial charge in [0.2, 0.25) is 0 Å². The number of halogens is 2. The van der Waals surface area contributed by atoms with Crippen molar-refractivity contribution in [2.75, 3.05) is 0 Å². The summed E-state index contributed by atoms with van der Waals surface area (Å²) >= 11 is 0. The molecule has 8 rings (SSSR count). The van der Waals surface area contributed by atoms with E-state index in [-0.39, 0.29) is 65.6 Å². The molecule has 2 aromatic rings. The molecule has 4 atom stereocenters. The van der Waals surface area contributed by atoms with E-state index in [1.165, 1.54) is 151 Å². The summed E-state index contributed by atoms with van der Waals surface area (Å²) in [5.74, 6) is 4.26. The van der Waals surface area contributed by atoms with Crippen LogP contribution >= 0.6 is 0 Å². The van der Waals surface area contributed by atoms with E-state index in [4.69, 9.17) is 19.5 Å². The van der Waals surface area contributed by atoms with Crippen LogP contribution < -0.4 is 24.8 Å². The van der Waals surface area contributed by atoms with E-state index in [0.29, 0.717) is 30.1 Å². The molecule has 4 saturated carbocycles. The number of hydrogen-bond acceptors (Lipinski definition) is 4. The first kappa shape index (κ1) is 39.7. The first-order valence-corrected chi connectivity index (χ1v) is 19.9. The van der Waals surface area contributed by atoms with Crippen molar-refractivity contribution in [3.05, 3.63) is 70.8 Å². The van der Waals surface area contributed by atoms with E-state index >= 15 is 0 Å². The van der Waals surface area contributed by atoms with Gasteiger partial charge in [0, 0.05) is 0 Å². The SMILES string of the molecule is [Cl-].[Cl-].[Ni+2].c1cc(C2CCCCC2)cc([C@H]2N=C(CC3=N[C@H](c4cccc(C5CCCCC5)c4)C(C4CCCCC4)O3)OC2C2CCCCC2)c1. The second-order valence-corrected chi connectivity index (χ2v) is 16.1. The molecule has 4 fully saturated rings. The van der Waals surface area contributed by atoms with Crippen LogP contribution in [0.1, 0.15) is 181 Å². The smallest absolute Gasteiger partial charge is 1.00 e. The first-order chi connectivity index (χ1) is 23.3. The third kappa shape index (κ3) is 9.14. The predicted molar refractivity (Wildman–Crippen MR) is 192 cm³/mol. The summed E-state index contributed by atoms with van der Waals surface area (Å²) in [6.07, 6.45) is 27.4. The second kappa shape index (κ2) is 19.0. The Hall–Kier alpha value is -1.55. The fraction of sp³-hybridized carbons (Fsp3) is 0.674. The largest absolute Gasteiger partial charge is 2.00 e. The molecule has 0 N–H and O–H groups in total. The zero-order valence-electron chi connectivity index (χ0n) is 29.9. The van der Waals surface area contributed by atoms with Crippen LogP contribution in [0, 0.1) is 11.8 Å². The Morgan fingerprint density at radius 2 is 0.800 bits per heavy atom. The molecule has 0 spiro atoms. The number of benzene rings is 2. The van der Waals surface area contributed by atoms with Gasteiger partial charge in [0.05, 0.1) is 6.42 Å². The number of nitrogens with zero attached hydrogens (tertiary/aromatic N) is 2.